The minimum absolute atomic E-state index is 0.409. The normalized spacial score (nSPS) is 28.5. The Balaban J connectivity index is 1.86. The zero-order valence-electron chi connectivity index (χ0n) is 9.19. The molecule has 5 heteroatoms. The molecule has 4 nitrogen and oxygen atoms in total. The molecule has 3 heterocycles. The average Bonchev–Trinajstić information content (AvgIpc) is 2.56. The van der Waals surface area contributed by atoms with Crippen molar-refractivity contribution in [3.05, 3.63) is 15.6 Å². The summed E-state index contributed by atoms with van der Waals surface area (Å²) in [5, 5.41) is 0. The highest BCUT2D eigenvalue weighted by molar-refractivity contribution is 14.1. The fourth-order valence-electron chi connectivity index (χ4n) is 2.48. The maximum Gasteiger partial charge on any atom is 0.133 e. The van der Waals surface area contributed by atoms with Crippen molar-refractivity contribution in [1.82, 2.24) is 9.97 Å². The Morgan fingerprint density at radius 2 is 2.00 bits per heavy atom. The number of rotatable bonds is 1. The Bertz CT molecular complexity index is 380. The van der Waals surface area contributed by atoms with E-state index in [-0.39, 0.29) is 0 Å². The highest BCUT2D eigenvalue weighted by Crippen LogP contribution is 2.29. The van der Waals surface area contributed by atoms with Crippen LogP contribution in [0.4, 0.5) is 5.82 Å². The number of aryl methyl sites for hydroxylation is 1. The minimum Gasteiger partial charge on any atom is -0.371 e. The van der Waals surface area contributed by atoms with Crippen LogP contribution in [0.1, 0.15) is 18.7 Å². The summed E-state index contributed by atoms with van der Waals surface area (Å²) in [6.45, 7) is 3.90. The predicted molar refractivity (Wildman–Crippen MR) is 69.6 cm³/mol. The fourth-order valence-corrected chi connectivity index (χ4v) is 3.11. The Kier molecular flexibility index (Phi) is 2.75. The fraction of sp³-hybridized carbons (Fsp3) is 0.636. The van der Waals surface area contributed by atoms with Gasteiger partial charge in [-0.1, -0.05) is 0 Å². The summed E-state index contributed by atoms with van der Waals surface area (Å²) < 4.78 is 6.84. The molecule has 86 valence electrons. The summed E-state index contributed by atoms with van der Waals surface area (Å²) in [5.74, 6) is 1.90. The van der Waals surface area contributed by atoms with Crippen LogP contribution in [0.5, 0.6) is 0 Å². The number of hydrogen-bond donors (Lipinski definition) is 0. The molecular weight excluding hydrogens is 317 g/mol. The van der Waals surface area contributed by atoms with Gasteiger partial charge in [-0.2, -0.15) is 0 Å². The second-order valence-corrected chi connectivity index (χ2v) is 5.56. The van der Waals surface area contributed by atoms with Crippen LogP contribution in [0.2, 0.25) is 0 Å². The molecule has 1 aromatic rings. The van der Waals surface area contributed by atoms with E-state index in [0.717, 1.165) is 28.4 Å². The average molecular weight is 331 g/mol. The van der Waals surface area contributed by atoms with Gasteiger partial charge >= 0.3 is 0 Å². The topological polar surface area (TPSA) is 38.2 Å². The summed E-state index contributed by atoms with van der Waals surface area (Å²) >= 11 is 2.24. The number of fused-ring (bicyclic) bond motifs is 2. The van der Waals surface area contributed by atoms with E-state index in [2.05, 4.69) is 43.5 Å². The van der Waals surface area contributed by atoms with Gasteiger partial charge in [0.1, 0.15) is 15.3 Å². The van der Waals surface area contributed by atoms with Crippen molar-refractivity contribution >= 4 is 28.4 Å². The van der Waals surface area contributed by atoms with Gasteiger partial charge in [0.25, 0.3) is 0 Å². The molecule has 2 aliphatic heterocycles. The Labute approximate surface area is 109 Å². The first-order valence-corrected chi connectivity index (χ1v) is 6.70. The molecule has 2 aliphatic rings. The standard InChI is InChI=1S/C11H14IN3O/c1-7-13-10(12)4-11(14-7)15-5-8-2-3-9(6-15)16-8/h4,8-9H,2-3,5-6H2,1H3. The first-order valence-electron chi connectivity index (χ1n) is 5.62. The molecule has 2 bridgehead atoms. The molecule has 3 rings (SSSR count). The van der Waals surface area contributed by atoms with E-state index in [1.54, 1.807) is 0 Å². The maximum absolute atomic E-state index is 5.82. The molecule has 0 N–H and O–H groups in total. The third-order valence-corrected chi connectivity index (χ3v) is 3.71. The Morgan fingerprint density at radius 1 is 1.31 bits per heavy atom. The molecule has 0 radical (unpaired) electrons. The van der Waals surface area contributed by atoms with E-state index in [9.17, 15) is 0 Å². The van der Waals surface area contributed by atoms with E-state index >= 15 is 0 Å². The van der Waals surface area contributed by atoms with Crippen molar-refractivity contribution in [1.29, 1.82) is 0 Å². The summed E-state index contributed by atoms with van der Waals surface area (Å²) in [7, 11) is 0. The van der Waals surface area contributed by atoms with E-state index in [4.69, 9.17) is 4.74 Å². The molecule has 2 atom stereocenters. The van der Waals surface area contributed by atoms with E-state index in [1.165, 1.54) is 12.8 Å². The van der Waals surface area contributed by atoms with E-state index in [1.807, 2.05) is 6.92 Å². The number of hydrogen-bond acceptors (Lipinski definition) is 4. The molecule has 16 heavy (non-hydrogen) atoms. The third-order valence-electron chi connectivity index (χ3n) is 3.16. The van der Waals surface area contributed by atoms with Gasteiger partial charge in [-0.05, 0) is 42.4 Å². The van der Waals surface area contributed by atoms with E-state index in [0.29, 0.717) is 12.2 Å². The van der Waals surface area contributed by atoms with Crippen molar-refractivity contribution in [2.45, 2.75) is 32.0 Å². The highest BCUT2D eigenvalue weighted by atomic mass is 127. The molecule has 0 aromatic carbocycles. The van der Waals surface area contributed by atoms with Crippen molar-refractivity contribution < 1.29 is 4.74 Å². The molecule has 2 unspecified atom stereocenters. The first kappa shape index (κ1) is 10.7. The minimum atomic E-state index is 0.409. The van der Waals surface area contributed by atoms with Gasteiger partial charge in [-0.15, -0.1) is 0 Å². The number of morpholine rings is 1. The van der Waals surface area contributed by atoms with Gasteiger partial charge in [-0.25, -0.2) is 9.97 Å². The van der Waals surface area contributed by atoms with Gasteiger partial charge in [0, 0.05) is 19.2 Å². The molecule has 0 saturated carbocycles. The summed E-state index contributed by atoms with van der Waals surface area (Å²) in [5.41, 5.74) is 0. The number of ether oxygens (including phenoxy) is 1. The van der Waals surface area contributed by atoms with Crippen molar-refractivity contribution in [2.75, 3.05) is 18.0 Å². The summed E-state index contributed by atoms with van der Waals surface area (Å²) in [6.07, 6.45) is 3.21. The lowest BCUT2D eigenvalue weighted by Gasteiger charge is -2.33. The molecule has 0 amide bonds. The molecular formula is C11H14IN3O. The summed E-state index contributed by atoms with van der Waals surface area (Å²) in [6, 6.07) is 2.05. The molecule has 0 aliphatic carbocycles. The largest absolute Gasteiger partial charge is 0.371 e. The van der Waals surface area contributed by atoms with Crippen LogP contribution in [-0.4, -0.2) is 35.3 Å². The lowest BCUT2D eigenvalue weighted by molar-refractivity contribution is 0.0302. The zero-order chi connectivity index (χ0) is 11.1. The number of aromatic nitrogens is 2. The SMILES string of the molecule is Cc1nc(I)cc(N2CC3CCC(C2)O3)n1. The molecule has 0 spiro atoms. The molecule has 1 aromatic heterocycles. The van der Waals surface area contributed by atoms with Crippen LogP contribution in [0, 0.1) is 10.6 Å². The first-order chi connectivity index (χ1) is 7.70. The van der Waals surface area contributed by atoms with Crippen LogP contribution < -0.4 is 4.90 Å². The smallest absolute Gasteiger partial charge is 0.133 e. The Hall–Kier alpha value is -0.430. The van der Waals surface area contributed by atoms with Gasteiger partial charge in [0.2, 0.25) is 0 Å². The van der Waals surface area contributed by atoms with Crippen molar-refractivity contribution in [3.8, 4) is 0 Å². The molecule has 2 saturated heterocycles. The van der Waals surface area contributed by atoms with E-state index < -0.39 is 0 Å². The van der Waals surface area contributed by atoms with Gasteiger partial charge in [-0.3, -0.25) is 0 Å². The highest BCUT2D eigenvalue weighted by Gasteiger charge is 2.34. The molecule has 2 fully saturated rings. The number of halogens is 1. The van der Waals surface area contributed by atoms with Crippen LogP contribution in [0.25, 0.3) is 0 Å². The van der Waals surface area contributed by atoms with Crippen LogP contribution in [0.15, 0.2) is 6.07 Å². The summed E-state index contributed by atoms with van der Waals surface area (Å²) in [4.78, 5) is 11.1. The Morgan fingerprint density at radius 3 is 2.62 bits per heavy atom. The van der Waals surface area contributed by atoms with Crippen LogP contribution in [-0.2, 0) is 4.74 Å². The third kappa shape index (κ3) is 2.02. The lowest BCUT2D eigenvalue weighted by Crippen LogP contribution is -2.43. The van der Waals surface area contributed by atoms with Crippen molar-refractivity contribution in [2.24, 2.45) is 0 Å². The quantitative estimate of drug-likeness (QED) is 0.581. The maximum atomic E-state index is 5.82. The van der Waals surface area contributed by atoms with Crippen LogP contribution >= 0.6 is 22.6 Å². The zero-order valence-corrected chi connectivity index (χ0v) is 11.3. The van der Waals surface area contributed by atoms with Gasteiger partial charge in [0.05, 0.1) is 12.2 Å². The number of nitrogens with zero attached hydrogens (tertiary/aromatic N) is 3. The lowest BCUT2D eigenvalue weighted by atomic mass is 10.2. The second kappa shape index (κ2) is 4.10. The van der Waals surface area contributed by atoms with Crippen LogP contribution in [0.3, 0.4) is 0 Å². The van der Waals surface area contributed by atoms with Gasteiger partial charge in [0.15, 0.2) is 0 Å². The number of anilines is 1. The predicted octanol–water partition coefficient (Wildman–Crippen LogP) is 1.76. The monoisotopic (exact) mass is 331 g/mol. The van der Waals surface area contributed by atoms with Crippen molar-refractivity contribution in [3.63, 3.8) is 0 Å². The van der Waals surface area contributed by atoms with Gasteiger partial charge < -0.3 is 9.64 Å². The second-order valence-electron chi connectivity index (χ2n) is 4.46.